The van der Waals surface area contributed by atoms with Gasteiger partial charge in [0.25, 0.3) is 0 Å². The molecule has 0 aliphatic carbocycles. The van der Waals surface area contributed by atoms with E-state index in [9.17, 15) is 0 Å². The van der Waals surface area contributed by atoms with E-state index in [2.05, 4.69) is 26.9 Å². The molecule has 3 N–H and O–H groups in total. The van der Waals surface area contributed by atoms with Gasteiger partial charge in [-0.25, -0.2) is 9.97 Å². The molecule has 4 rings (SSSR count). The van der Waals surface area contributed by atoms with Gasteiger partial charge in [-0.1, -0.05) is 37.3 Å². The van der Waals surface area contributed by atoms with Crippen molar-refractivity contribution in [3.63, 3.8) is 0 Å². The molecule has 0 saturated carbocycles. The van der Waals surface area contributed by atoms with Gasteiger partial charge in [-0.3, -0.25) is 0 Å². The van der Waals surface area contributed by atoms with Crippen LogP contribution in [-0.4, -0.2) is 26.5 Å². The van der Waals surface area contributed by atoms with Crippen molar-refractivity contribution in [1.82, 2.24) is 19.9 Å². The smallest absolute Gasteiger partial charge is 0.220 e. The average molecular weight is 375 g/mol. The summed E-state index contributed by atoms with van der Waals surface area (Å²) < 4.78 is 11.9. The van der Waals surface area contributed by atoms with Crippen LogP contribution in [0.2, 0.25) is 0 Å². The highest BCUT2D eigenvalue weighted by molar-refractivity contribution is 5.97. The maximum atomic E-state index is 6.00. The fraction of sp³-hybridized carbons (Fsp3) is 0.190. The van der Waals surface area contributed by atoms with Gasteiger partial charge in [-0.2, -0.15) is 4.98 Å². The molecule has 3 aromatic heterocycles. The number of hydrogen-bond acceptors (Lipinski definition) is 6. The maximum absolute atomic E-state index is 6.00. The summed E-state index contributed by atoms with van der Waals surface area (Å²) in [5.74, 6) is 1.42. The van der Waals surface area contributed by atoms with Crippen molar-refractivity contribution in [2.45, 2.75) is 20.0 Å². The number of nitrogens with one attached hydrogen (secondary N) is 1. The summed E-state index contributed by atoms with van der Waals surface area (Å²) in [7, 11) is 0. The molecule has 0 radical (unpaired) electrons. The first-order valence-electron chi connectivity index (χ1n) is 9.15. The lowest BCUT2D eigenvalue weighted by Gasteiger charge is -2.11. The van der Waals surface area contributed by atoms with Crippen molar-refractivity contribution in [2.75, 3.05) is 12.3 Å². The van der Waals surface area contributed by atoms with Gasteiger partial charge in [0.05, 0.1) is 17.7 Å². The van der Waals surface area contributed by atoms with Crippen LogP contribution in [0.25, 0.3) is 22.3 Å². The molecule has 0 fully saturated rings. The number of anilines is 1. The number of aromatic amines is 1. The highest BCUT2D eigenvalue weighted by atomic mass is 16.5. The Bertz CT molecular complexity index is 1080. The Balaban J connectivity index is 1.72. The second kappa shape index (κ2) is 7.96. The number of benzene rings is 1. The first-order valence-corrected chi connectivity index (χ1v) is 9.15. The summed E-state index contributed by atoms with van der Waals surface area (Å²) in [6.07, 6.45) is 4.37. The zero-order valence-corrected chi connectivity index (χ0v) is 15.6. The predicted octanol–water partition coefficient (Wildman–Crippen LogP) is 3.97. The summed E-state index contributed by atoms with van der Waals surface area (Å²) in [5.41, 5.74) is 9.06. The maximum Gasteiger partial charge on any atom is 0.220 e. The minimum Gasteiger partial charge on any atom is -0.493 e. The van der Waals surface area contributed by atoms with Crippen LogP contribution < -0.4 is 15.2 Å². The van der Waals surface area contributed by atoms with Crippen LogP contribution in [0.4, 0.5) is 5.95 Å². The Labute approximate surface area is 162 Å². The molecule has 1 aromatic carbocycles. The zero-order valence-electron chi connectivity index (χ0n) is 15.6. The van der Waals surface area contributed by atoms with Crippen molar-refractivity contribution in [3.8, 4) is 22.9 Å². The van der Waals surface area contributed by atoms with E-state index in [0.29, 0.717) is 36.2 Å². The third kappa shape index (κ3) is 3.73. The van der Waals surface area contributed by atoms with E-state index < -0.39 is 0 Å². The second-order valence-electron chi connectivity index (χ2n) is 6.31. The quantitative estimate of drug-likeness (QED) is 0.507. The molecule has 0 spiro atoms. The molecule has 28 heavy (non-hydrogen) atoms. The molecule has 0 atom stereocenters. The van der Waals surface area contributed by atoms with Crippen molar-refractivity contribution < 1.29 is 9.47 Å². The Morgan fingerprint density at radius 2 is 1.93 bits per heavy atom. The lowest BCUT2D eigenvalue weighted by atomic mass is 10.1. The molecule has 4 aromatic rings. The number of nitrogen functional groups attached to an aromatic ring is 1. The summed E-state index contributed by atoms with van der Waals surface area (Å²) in [6.45, 7) is 3.09. The molecule has 0 bridgehead atoms. The van der Waals surface area contributed by atoms with Crippen LogP contribution in [0.1, 0.15) is 18.9 Å². The van der Waals surface area contributed by atoms with E-state index in [0.717, 1.165) is 22.9 Å². The van der Waals surface area contributed by atoms with Crippen molar-refractivity contribution in [1.29, 1.82) is 0 Å². The lowest BCUT2D eigenvalue weighted by Crippen LogP contribution is -2.01. The minimum absolute atomic E-state index is 0.221. The van der Waals surface area contributed by atoms with E-state index in [1.54, 1.807) is 6.20 Å². The zero-order chi connectivity index (χ0) is 19.3. The van der Waals surface area contributed by atoms with Gasteiger partial charge in [0.15, 0.2) is 0 Å². The van der Waals surface area contributed by atoms with E-state index in [1.165, 1.54) is 0 Å². The number of aromatic nitrogens is 4. The normalized spacial score (nSPS) is 10.9. The Morgan fingerprint density at radius 3 is 2.71 bits per heavy atom. The van der Waals surface area contributed by atoms with Crippen LogP contribution in [0.15, 0.2) is 54.9 Å². The van der Waals surface area contributed by atoms with E-state index in [-0.39, 0.29) is 5.95 Å². The molecule has 142 valence electrons. The molecule has 7 nitrogen and oxygen atoms in total. The topological polar surface area (TPSA) is 98.9 Å². The third-order valence-electron chi connectivity index (χ3n) is 4.22. The highest BCUT2D eigenvalue weighted by Crippen LogP contribution is 2.36. The van der Waals surface area contributed by atoms with Crippen LogP contribution in [-0.2, 0) is 6.61 Å². The number of pyridine rings is 1. The Kier molecular flexibility index (Phi) is 5.05. The molecular weight excluding hydrogens is 354 g/mol. The summed E-state index contributed by atoms with van der Waals surface area (Å²) >= 11 is 0. The number of ether oxygens (including phenoxy) is 2. The van der Waals surface area contributed by atoms with Crippen molar-refractivity contribution in [3.05, 3.63) is 60.4 Å². The summed E-state index contributed by atoms with van der Waals surface area (Å²) in [6, 6.07) is 13.6. The lowest BCUT2D eigenvalue weighted by molar-refractivity contribution is 0.287. The molecule has 7 heteroatoms. The molecule has 0 aliphatic rings. The van der Waals surface area contributed by atoms with Gasteiger partial charge < -0.3 is 20.2 Å². The van der Waals surface area contributed by atoms with Crippen LogP contribution in [0.3, 0.4) is 0 Å². The predicted molar refractivity (Wildman–Crippen MR) is 108 cm³/mol. The van der Waals surface area contributed by atoms with Gasteiger partial charge in [0.2, 0.25) is 11.8 Å². The molecule has 0 saturated heterocycles. The van der Waals surface area contributed by atoms with Crippen molar-refractivity contribution in [2.24, 2.45) is 0 Å². The fourth-order valence-electron chi connectivity index (χ4n) is 2.93. The Morgan fingerprint density at radius 1 is 1.07 bits per heavy atom. The van der Waals surface area contributed by atoms with Gasteiger partial charge in [-0.05, 0) is 18.1 Å². The van der Waals surface area contributed by atoms with Crippen LogP contribution in [0.5, 0.6) is 11.6 Å². The Hall–Kier alpha value is -3.61. The first kappa shape index (κ1) is 17.8. The number of rotatable bonds is 7. The standard InChI is InChI=1S/C21H21N5O2/c1-2-10-27-17-11-18(28-13-14-6-4-3-5-7-14)26-20-19(17)15(12-24-20)16-8-9-23-21(22)25-16/h3-9,11-12H,2,10,13H2,1H3,(H,24,26)(H2,22,23,25). The number of H-pyrrole nitrogens is 1. The summed E-state index contributed by atoms with van der Waals surface area (Å²) in [5, 5.41) is 0.846. The molecule has 0 amide bonds. The molecule has 0 aliphatic heterocycles. The van der Waals surface area contributed by atoms with Gasteiger partial charge in [-0.15, -0.1) is 0 Å². The molecular formula is C21H21N5O2. The number of hydrogen-bond donors (Lipinski definition) is 2. The number of nitrogens with zero attached hydrogens (tertiary/aromatic N) is 3. The first-order chi connectivity index (χ1) is 13.7. The van der Waals surface area contributed by atoms with E-state index in [4.69, 9.17) is 15.2 Å². The highest BCUT2D eigenvalue weighted by Gasteiger charge is 2.16. The van der Waals surface area contributed by atoms with Crippen molar-refractivity contribution >= 4 is 17.0 Å². The van der Waals surface area contributed by atoms with Gasteiger partial charge in [0.1, 0.15) is 18.0 Å². The van der Waals surface area contributed by atoms with Gasteiger partial charge in [0, 0.05) is 24.0 Å². The van der Waals surface area contributed by atoms with Crippen LogP contribution in [0, 0.1) is 0 Å². The van der Waals surface area contributed by atoms with E-state index in [1.807, 2.05) is 48.7 Å². The SMILES string of the molecule is CCCOc1cc(OCc2ccccc2)nc2[nH]cc(-c3ccnc(N)n3)c12. The fourth-order valence-corrected chi connectivity index (χ4v) is 2.93. The van der Waals surface area contributed by atoms with E-state index >= 15 is 0 Å². The van der Waals surface area contributed by atoms with Gasteiger partial charge >= 0.3 is 0 Å². The number of nitrogens with two attached hydrogens (primary N) is 1. The molecule has 3 heterocycles. The second-order valence-corrected chi connectivity index (χ2v) is 6.31. The third-order valence-corrected chi connectivity index (χ3v) is 4.22. The summed E-state index contributed by atoms with van der Waals surface area (Å²) in [4.78, 5) is 16.1. The van der Waals surface area contributed by atoms with Crippen LogP contribution >= 0.6 is 0 Å². The average Bonchev–Trinajstić information content (AvgIpc) is 3.15. The number of fused-ring (bicyclic) bond motifs is 1. The largest absolute Gasteiger partial charge is 0.493 e. The monoisotopic (exact) mass is 375 g/mol. The minimum atomic E-state index is 0.221. The molecule has 0 unspecified atom stereocenters.